The van der Waals surface area contributed by atoms with Gasteiger partial charge in [-0.25, -0.2) is 0 Å². The van der Waals surface area contributed by atoms with Crippen LogP contribution in [-0.2, 0) is 4.79 Å². The number of nitrogens with two attached hydrogens (primary N) is 1. The Kier molecular flexibility index (Phi) is 6.43. The smallest absolute Gasteiger partial charge is 0.224 e. The molecule has 1 aliphatic rings. The Morgan fingerprint density at radius 2 is 2.14 bits per heavy atom. The van der Waals surface area contributed by atoms with E-state index in [4.69, 9.17) is 5.73 Å². The molecule has 0 bridgehead atoms. The number of amides is 1. The molecular weight excluding hydrogens is 280 g/mol. The molecule has 0 radical (unpaired) electrons. The van der Waals surface area contributed by atoms with Crippen molar-refractivity contribution in [1.29, 1.82) is 0 Å². The highest BCUT2D eigenvalue weighted by molar-refractivity contribution is 7.99. The quantitative estimate of drug-likeness (QED) is 0.568. The number of hydrogen-bond acceptors (Lipinski definition) is 3. The van der Waals surface area contributed by atoms with E-state index in [-0.39, 0.29) is 5.91 Å². The Balaban J connectivity index is 1.86. The molecule has 21 heavy (non-hydrogen) atoms. The standard InChI is InChI=1S/C17H26N2OS/c1-2-11-21-14-8-9-15(18)16(12-14)19-17(20)10-7-13-5-3-4-6-13/h8-9,12-13H,2-7,10-11,18H2,1H3,(H,19,20). The maximum absolute atomic E-state index is 12.1. The lowest BCUT2D eigenvalue weighted by molar-refractivity contribution is -0.116. The third-order valence-corrected chi connectivity index (χ3v) is 5.23. The first-order valence-corrected chi connectivity index (χ1v) is 8.99. The van der Waals surface area contributed by atoms with Gasteiger partial charge in [-0.3, -0.25) is 4.79 Å². The zero-order valence-corrected chi connectivity index (χ0v) is 13.7. The number of thioether (sulfide) groups is 1. The van der Waals surface area contributed by atoms with E-state index >= 15 is 0 Å². The predicted octanol–water partition coefficient (Wildman–Crippen LogP) is 4.68. The molecular formula is C17H26N2OS. The maximum atomic E-state index is 12.1. The van der Waals surface area contributed by atoms with Crippen molar-refractivity contribution in [2.45, 2.75) is 56.8 Å². The fourth-order valence-electron chi connectivity index (χ4n) is 2.80. The van der Waals surface area contributed by atoms with Gasteiger partial charge in [0.25, 0.3) is 0 Å². The van der Waals surface area contributed by atoms with E-state index in [0.717, 1.165) is 35.1 Å². The van der Waals surface area contributed by atoms with Gasteiger partial charge in [-0.2, -0.15) is 0 Å². The normalized spacial score (nSPS) is 15.3. The van der Waals surface area contributed by atoms with Crippen LogP contribution in [0.4, 0.5) is 11.4 Å². The monoisotopic (exact) mass is 306 g/mol. The average molecular weight is 306 g/mol. The van der Waals surface area contributed by atoms with E-state index in [1.54, 1.807) is 11.8 Å². The van der Waals surface area contributed by atoms with Crippen LogP contribution < -0.4 is 11.1 Å². The molecule has 1 amide bonds. The molecule has 0 aromatic heterocycles. The summed E-state index contributed by atoms with van der Waals surface area (Å²) in [5.41, 5.74) is 7.36. The van der Waals surface area contributed by atoms with Gasteiger partial charge in [0.05, 0.1) is 11.4 Å². The van der Waals surface area contributed by atoms with Gasteiger partial charge in [-0.15, -0.1) is 11.8 Å². The lowest BCUT2D eigenvalue weighted by Gasteiger charge is -2.12. The highest BCUT2D eigenvalue weighted by Gasteiger charge is 2.16. The first-order valence-electron chi connectivity index (χ1n) is 8.01. The third kappa shape index (κ3) is 5.27. The minimum absolute atomic E-state index is 0.0891. The summed E-state index contributed by atoms with van der Waals surface area (Å²) < 4.78 is 0. The van der Waals surface area contributed by atoms with Gasteiger partial charge in [0.15, 0.2) is 0 Å². The number of carbonyl (C=O) groups excluding carboxylic acids is 1. The van der Waals surface area contributed by atoms with Crippen LogP contribution in [0.5, 0.6) is 0 Å². The molecule has 1 aromatic carbocycles. The number of hydrogen-bond donors (Lipinski definition) is 2. The van der Waals surface area contributed by atoms with Crippen LogP contribution in [0.1, 0.15) is 51.9 Å². The van der Waals surface area contributed by atoms with Gasteiger partial charge in [0.1, 0.15) is 0 Å². The van der Waals surface area contributed by atoms with Crippen LogP contribution in [0.25, 0.3) is 0 Å². The van der Waals surface area contributed by atoms with Crippen molar-refractivity contribution >= 4 is 29.0 Å². The Morgan fingerprint density at radius 3 is 2.86 bits per heavy atom. The second-order valence-electron chi connectivity index (χ2n) is 5.83. The first-order chi connectivity index (χ1) is 10.2. The van der Waals surface area contributed by atoms with Gasteiger partial charge in [-0.05, 0) is 42.7 Å². The zero-order valence-electron chi connectivity index (χ0n) is 12.9. The molecule has 1 fully saturated rings. The molecule has 0 unspecified atom stereocenters. The zero-order chi connectivity index (χ0) is 15.1. The van der Waals surface area contributed by atoms with Crippen LogP contribution in [0.2, 0.25) is 0 Å². The molecule has 3 N–H and O–H groups in total. The highest BCUT2D eigenvalue weighted by atomic mass is 32.2. The molecule has 2 rings (SSSR count). The van der Waals surface area contributed by atoms with Gasteiger partial charge in [-0.1, -0.05) is 32.6 Å². The number of nitrogens with one attached hydrogen (secondary N) is 1. The minimum Gasteiger partial charge on any atom is -0.397 e. The molecule has 0 heterocycles. The van der Waals surface area contributed by atoms with E-state index in [2.05, 4.69) is 12.2 Å². The summed E-state index contributed by atoms with van der Waals surface area (Å²) in [6, 6.07) is 5.89. The molecule has 1 aliphatic carbocycles. The number of carbonyl (C=O) groups is 1. The summed E-state index contributed by atoms with van der Waals surface area (Å²) in [5.74, 6) is 1.92. The molecule has 4 heteroatoms. The fraction of sp³-hybridized carbons (Fsp3) is 0.588. The summed E-state index contributed by atoms with van der Waals surface area (Å²) in [7, 11) is 0. The van der Waals surface area contributed by atoms with Crippen molar-refractivity contribution in [2.75, 3.05) is 16.8 Å². The van der Waals surface area contributed by atoms with Gasteiger partial charge in [0.2, 0.25) is 5.91 Å². The van der Waals surface area contributed by atoms with Crippen molar-refractivity contribution in [3.63, 3.8) is 0 Å². The van der Waals surface area contributed by atoms with E-state index in [1.165, 1.54) is 25.7 Å². The van der Waals surface area contributed by atoms with E-state index in [9.17, 15) is 4.79 Å². The van der Waals surface area contributed by atoms with Crippen molar-refractivity contribution in [1.82, 2.24) is 0 Å². The minimum atomic E-state index is 0.0891. The fourth-order valence-corrected chi connectivity index (χ4v) is 3.61. The number of benzene rings is 1. The predicted molar refractivity (Wildman–Crippen MR) is 91.7 cm³/mol. The molecule has 0 saturated heterocycles. The van der Waals surface area contributed by atoms with Crippen LogP contribution in [0.3, 0.4) is 0 Å². The lowest BCUT2D eigenvalue weighted by atomic mass is 10.0. The Bertz CT molecular complexity index is 470. The Labute approximate surface area is 132 Å². The average Bonchev–Trinajstić information content (AvgIpc) is 2.99. The topological polar surface area (TPSA) is 55.1 Å². The summed E-state index contributed by atoms with van der Waals surface area (Å²) in [6.45, 7) is 2.16. The van der Waals surface area contributed by atoms with Crippen LogP contribution in [0.15, 0.2) is 23.1 Å². The second kappa shape index (κ2) is 8.32. The van der Waals surface area contributed by atoms with Crippen LogP contribution in [-0.4, -0.2) is 11.7 Å². The van der Waals surface area contributed by atoms with Crippen molar-refractivity contribution in [3.05, 3.63) is 18.2 Å². The Morgan fingerprint density at radius 1 is 1.38 bits per heavy atom. The summed E-state index contributed by atoms with van der Waals surface area (Å²) in [6.07, 6.45) is 7.99. The second-order valence-corrected chi connectivity index (χ2v) is 7.00. The Hall–Kier alpha value is -1.16. The number of nitrogen functional groups attached to an aromatic ring is 1. The molecule has 0 aliphatic heterocycles. The third-order valence-electron chi connectivity index (χ3n) is 4.03. The lowest BCUT2D eigenvalue weighted by Crippen LogP contribution is -2.14. The SMILES string of the molecule is CCCSc1ccc(N)c(NC(=O)CCC2CCCC2)c1. The van der Waals surface area contributed by atoms with Gasteiger partial charge in [0, 0.05) is 11.3 Å². The molecule has 1 saturated carbocycles. The largest absolute Gasteiger partial charge is 0.397 e. The van der Waals surface area contributed by atoms with Crippen molar-refractivity contribution in [3.8, 4) is 0 Å². The summed E-state index contributed by atoms with van der Waals surface area (Å²) in [4.78, 5) is 13.2. The van der Waals surface area contributed by atoms with Crippen molar-refractivity contribution in [2.24, 2.45) is 5.92 Å². The summed E-state index contributed by atoms with van der Waals surface area (Å²) in [5, 5.41) is 2.97. The van der Waals surface area contributed by atoms with Crippen molar-refractivity contribution < 1.29 is 4.79 Å². The van der Waals surface area contributed by atoms with Crippen LogP contribution in [0, 0.1) is 5.92 Å². The maximum Gasteiger partial charge on any atom is 0.224 e. The van der Waals surface area contributed by atoms with Gasteiger partial charge >= 0.3 is 0 Å². The van der Waals surface area contributed by atoms with Crippen LogP contribution >= 0.6 is 11.8 Å². The van der Waals surface area contributed by atoms with E-state index < -0.39 is 0 Å². The first kappa shape index (κ1) is 16.2. The molecule has 0 spiro atoms. The number of anilines is 2. The molecule has 1 aromatic rings. The van der Waals surface area contributed by atoms with E-state index in [1.807, 2.05) is 18.2 Å². The van der Waals surface area contributed by atoms with E-state index in [0.29, 0.717) is 12.1 Å². The number of rotatable bonds is 7. The summed E-state index contributed by atoms with van der Waals surface area (Å²) >= 11 is 1.80. The van der Waals surface area contributed by atoms with Gasteiger partial charge < -0.3 is 11.1 Å². The molecule has 116 valence electrons. The highest BCUT2D eigenvalue weighted by Crippen LogP contribution is 2.30. The molecule has 0 atom stereocenters. The molecule has 3 nitrogen and oxygen atoms in total.